The molecule has 0 radical (unpaired) electrons. The number of carbonyl (C=O) groups is 2. The molecule has 1 N–H and O–H groups in total. The van der Waals surface area contributed by atoms with Gasteiger partial charge < -0.3 is 9.84 Å². The maximum atomic E-state index is 11.9. The molecule has 5 heteroatoms. The summed E-state index contributed by atoms with van der Waals surface area (Å²) in [5.74, 6) is -0.684. The predicted octanol–water partition coefficient (Wildman–Crippen LogP) is 2.37. The van der Waals surface area contributed by atoms with Gasteiger partial charge in [-0.25, -0.2) is 9.59 Å². The molecule has 0 saturated heterocycles. The summed E-state index contributed by atoms with van der Waals surface area (Å²) in [5, 5.41) is 9.11. The zero-order valence-electron chi connectivity index (χ0n) is 10.7. The molecule has 0 aliphatic heterocycles. The molecule has 0 aliphatic carbocycles. The number of nitrogens with zero attached hydrogens (tertiary/aromatic N) is 1. The minimum Gasteiger partial charge on any atom is -0.480 e. The SMILES string of the molecule is CCN(C(=O)Oc1ccccc1)C(C)(C)C(=O)O. The highest BCUT2D eigenvalue weighted by molar-refractivity contribution is 5.84. The lowest BCUT2D eigenvalue weighted by atomic mass is 10.0. The van der Waals surface area contributed by atoms with Gasteiger partial charge in [0, 0.05) is 6.54 Å². The van der Waals surface area contributed by atoms with Gasteiger partial charge in [-0.3, -0.25) is 4.90 Å². The summed E-state index contributed by atoms with van der Waals surface area (Å²) >= 11 is 0. The Morgan fingerprint density at radius 3 is 2.28 bits per heavy atom. The zero-order valence-corrected chi connectivity index (χ0v) is 10.7. The van der Waals surface area contributed by atoms with Crippen molar-refractivity contribution < 1.29 is 19.4 Å². The summed E-state index contributed by atoms with van der Waals surface area (Å²) in [6.07, 6.45) is -0.670. The first-order chi connectivity index (χ1) is 8.39. The van der Waals surface area contributed by atoms with E-state index >= 15 is 0 Å². The maximum absolute atomic E-state index is 11.9. The topological polar surface area (TPSA) is 66.8 Å². The molecular weight excluding hydrogens is 234 g/mol. The maximum Gasteiger partial charge on any atom is 0.416 e. The Morgan fingerprint density at radius 2 is 1.83 bits per heavy atom. The summed E-state index contributed by atoms with van der Waals surface area (Å²) < 4.78 is 5.13. The lowest BCUT2D eigenvalue weighted by Gasteiger charge is -2.33. The second-order valence-electron chi connectivity index (χ2n) is 4.29. The smallest absolute Gasteiger partial charge is 0.416 e. The third-order valence-electron chi connectivity index (χ3n) is 2.68. The van der Waals surface area contributed by atoms with Gasteiger partial charge in [-0.1, -0.05) is 18.2 Å². The molecule has 18 heavy (non-hydrogen) atoms. The van der Waals surface area contributed by atoms with Crippen molar-refractivity contribution in [3.05, 3.63) is 30.3 Å². The van der Waals surface area contributed by atoms with Crippen molar-refractivity contribution in [2.45, 2.75) is 26.3 Å². The fraction of sp³-hybridized carbons (Fsp3) is 0.385. The Kier molecular flexibility index (Phi) is 4.31. The summed E-state index contributed by atoms with van der Waals surface area (Å²) in [5.41, 5.74) is -1.30. The van der Waals surface area contributed by atoms with E-state index in [-0.39, 0.29) is 6.54 Å². The second kappa shape index (κ2) is 5.53. The molecule has 1 aromatic rings. The molecule has 0 bridgehead atoms. The van der Waals surface area contributed by atoms with E-state index in [1.54, 1.807) is 37.3 Å². The summed E-state index contributed by atoms with van der Waals surface area (Å²) in [7, 11) is 0. The van der Waals surface area contributed by atoms with Crippen LogP contribution >= 0.6 is 0 Å². The molecule has 0 aromatic heterocycles. The number of rotatable bonds is 4. The van der Waals surface area contributed by atoms with Gasteiger partial charge in [-0.05, 0) is 32.9 Å². The zero-order chi connectivity index (χ0) is 13.8. The van der Waals surface area contributed by atoms with Crippen LogP contribution < -0.4 is 4.74 Å². The quantitative estimate of drug-likeness (QED) is 0.892. The number of hydrogen-bond donors (Lipinski definition) is 1. The summed E-state index contributed by atoms with van der Waals surface area (Å²) in [6, 6.07) is 8.55. The standard InChI is InChI=1S/C13H17NO4/c1-4-14(13(2,3)11(15)16)12(17)18-10-8-6-5-7-9-10/h5-9H,4H2,1-3H3,(H,15,16). The van der Waals surface area contributed by atoms with Crippen molar-refractivity contribution in [3.8, 4) is 5.75 Å². The Labute approximate surface area is 106 Å². The van der Waals surface area contributed by atoms with Crippen LogP contribution in [0.1, 0.15) is 20.8 Å². The van der Waals surface area contributed by atoms with Crippen LogP contribution in [-0.2, 0) is 4.79 Å². The minimum atomic E-state index is -1.30. The lowest BCUT2D eigenvalue weighted by molar-refractivity contribution is -0.147. The molecule has 1 aromatic carbocycles. The van der Waals surface area contributed by atoms with Gasteiger partial charge in [0.15, 0.2) is 0 Å². The first-order valence-electron chi connectivity index (χ1n) is 5.67. The van der Waals surface area contributed by atoms with Crippen molar-refractivity contribution in [3.63, 3.8) is 0 Å². The highest BCUT2D eigenvalue weighted by Crippen LogP contribution is 2.18. The van der Waals surface area contributed by atoms with E-state index in [9.17, 15) is 9.59 Å². The molecule has 0 heterocycles. The van der Waals surface area contributed by atoms with Crippen molar-refractivity contribution in [2.24, 2.45) is 0 Å². The number of para-hydroxylation sites is 1. The van der Waals surface area contributed by atoms with E-state index in [2.05, 4.69) is 0 Å². The normalized spacial score (nSPS) is 10.8. The fourth-order valence-corrected chi connectivity index (χ4v) is 1.51. The van der Waals surface area contributed by atoms with Crippen molar-refractivity contribution in [2.75, 3.05) is 6.54 Å². The van der Waals surface area contributed by atoms with Crippen LogP contribution in [0.2, 0.25) is 0 Å². The van der Waals surface area contributed by atoms with E-state index in [1.807, 2.05) is 0 Å². The average molecular weight is 251 g/mol. The molecule has 5 nitrogen and oxygen atoms in total. The third-order valence-corrected chi connectivity index (χ3v) is 2.68. The van der Waals surface area contributed by atoms with Gasteiger partial charge in [0.1, 0.15) is 11.3 Å². The number of aliphatic carboxylic acids is 1. The number of likely N-dealkylation sites (N-methyl/N-ethyl adjacent to an activating group) is 1. The van der Waals surface area contributed by atoms with E-state index in [1.165, 1.54) is 18.7 Å². The van der Waals surface area contributed by atoms with Crippen LogP contribution in [-0.4, -0.2) is 34.2 Å². The number of carboxylic acids is 1. The van der Waals surface area contributed by atoms with Gasteiger partial charge in [0.25, 0.3) is 0 Å². The number of benzene rings is 1. The first kappa shape index (κ1) is 14.0. The number of carbonyl (C=O) groups excluding carboxylic acids is 1. The Hall–Kier alpha value is -2.04. The van der Waals surface area contributed by atoms with E-state index in [4.69, 9.17) is 9.84 Å². The molecule has 0 aliphatic rings. The molecule has 0 fully saturated rings. The highest BCUT2D eigenvalue weighted by atomic mass is 16.6. The summed E-state index contributed by atoms with van der Waals surface area (Å²) in [4.78, 5) is 24.2. The predicted molar refractivity (Wildman–Crippen MR) is 66.6 cm³/mol. The Morgan fingerprint density at radius 1 is 1.28 bits per heavy atom. The fourth-order valence-electron chi connectivity index (χ4n) is 1.51. The van der Waals surface area contributed by atoms with Crippen LogP contribution in [0.4, 0.5) is 4.79 Å². The van der Waals surface area contributed by atoms with Gasteiger partial charge >= 0.3 is 12.1 Å². The molecule has 0 saturated carbocycles. The molecule has 0 spiro atoms. The van der Waals surface area contributed by atoms with Crippen molar-refractivity contribution in [1.29, 1.82) is 0 Å². The second-order valence-corrected chi connectivity index (χ2v) is 4.29. The Balaban J connectivity index is 2.84. The van der Waals surface area contributed by atoms with E-state index in [0.29, 0.717) is 5.75 Å². The minimum absolute atomic E-state index is 0.255. The number of ether oxygens (including phenoxy) is 1. The molecule has 98 valence electrons. The van der Waals surface area contributed by atoms with Crippen molar-refractivity contribution in [1.82, 2.24) is 4.90 Å². The van der Waals surface area contributed by atoms with Crippen LogP contribution in [0.25, 0.3) is 0 Å². The number of carboxylic acid groups (broad SMARTS) is 1. The third kappa shape index (κ3) is 3.00. The number of amides is 1. The molecule has 1 amide bonds. The molecule has 0 unspecified atom stereocenters. The van der Waals surface area contributed by atoms with Gasteiger partial charge in [-0.2, -0.15) is 0 Å². The first-order valence-corrected chi connectivity index (χ1v) is 5.67. The van der Waals surface area contributed by atoms with E-state index in [0.717, 1.165) is 0 Å². The summed E-state index contributed by atoms with van der Waals surface area (Å²) in [6.45, 7) is 4.89. The largest absolute Gasteiger partial charge is 0.480 e. The van der Waals surface area contributed by atoms with Crippen LogP contribution in [0, 0.1) is 0 Å². The van der Waals surface area contributed by atoms with Crippen LogP contribution in [0.15, 0.2) is 30.3 Å². The van der Waals surface area contributed by atoms with Crippen LogP contribution in [0.3, 0.4) is 0 Å². The highest BCUT2D eigenvalue weighted by Gasteiger charge is 2.38. The van der Waals surface area contributed by atoms with Crippen LogP contribution in [0.5, 0.6) is 5.75 Å². The van der Waals surface area contributed by atoms with Crippen molar-refractivity contribution >= 4 is 12.1 Å². The molecular formula is C13H17NO4. The van der Waals surface area contributed by atoms with Gasteiger partial charge in [0.05, 0.1) is 0 Å². The molecule has 0 atom stereocenters. The average Bonchev–Trinajstić information content (AvgIpc) is 2.30. The van der Waals surface area contributed by atoms with E-state index < -0.39 is 17.6 Å². The molecule has 1 rings (SSSR count). The number of hydrogen-bond acceptors (Lipinski definition) is 3. The van der Waals surface area contributed by atoms with Gasteiger partial charge in [0.2, 0.25) is 0 Å². The monoisotopic (exact) mass is 251 g/mol. The van der Waals surface area contributed by atoms with Gasteiger partial charge in [-0.15, -0.1) is 0 Å². The Bertz CT molecular complexity index is 428. The lowest BCUT2D eigenvalue weighted by Crippen LogP contribution is -2.53.